The first kappa shape index (κ1) is 31.4. The molecule has 6 atom stereocenters. The lowest BCUT2D eigenvalue weighted by Gasteiger charge is -2.41. The number of unbranched alkanes of at least 4 members (excludes halogenated alkanes) is 1. The van der Waals surface area contributed by atoms with Crippen molar-refractivity contribution in [2.45, 2.75) is 75.8 Å². The van der Waals surface area contributed by atoms with Crippen molar-refractivity contribution in [1.82, 2.24) is 15.1 Å². The Kier molecular flexibility index (Phi) is 9.15. The number of aliphatic hydroxyl groups excluding tert-OH is 1. The number of aliphatic hydroxyl groups is 1. The Morgan fingerprint density at radius 3 is 2.51 bits per heavy atom. The van der Waals surface area contributed by atoms with Crippen molar-refractivity contribution in [1.29, 1.82) is 0 Å². The fourth-order valence-electron chi connectivity index (χ4n) is 6.66. The second-order valence-electron chi connectivity index (χ2n) is 12.6. The molecule has 1 spiro atoms. The molecule has 232 valence electrons. The van der Waals surface area contributed by atoms with Gasteiger partial charge in [-0.15, -0.1) is 0 Å². The summed E-state index contributed by atoms with van der Waals surface area (Å²) in [5.74, 6) is -3.39. The average Bonchev–Trinajstić information content (AvgIpc) is 3.55. The van der Waals surface area contributed by atoms with Gasteiger partial charge in [0.05, 0.1) is 12.5 Å². The van der Waals surface area contributed by atoms with E-state index in [1.807, 2.05) is 63.3 Å². The number of halogens is 1. The molecule has 10 nitrogen and oxygen atoms in total. The Morgan fingerprint density at radius 1 is 1.07 bits per heavy atom. The molecule has 0 aromatic heterocycles. The van der Waals surface area contributed by atoms with E-state index >= 15 is 0 Å². The van der Waals surface area contributed by atoms with Crippen LogP contribution in [0.5, 0.6) is 0 Å². The number of cyclic esters (lactones) is 1. The number of hydrogen-bond acceptors (Lipinski definition) is 7. The van der Waals surface area contributed by atoms with Gasteiger partial charge in [-0.2, -0.15) is 0 Å². The largest absolute Gasteiger partial charge is 0.455 e. The number of amides is 3. The molecular formula is C32H40BrN3O7. The molecule has 5 bridgehead atoms. The van der Waals surface area contributed by atoms with Gasteiger partial charge in [0.25, 0.3) is 0 Å². The third-order valence-electron chi connectivity index (χ3n) is 8.72. The van der Waals surface area contributed by atoms with Crippen molar-refractivity contribution in [3.05, 3.63) is 58.6 Å². The number of nitrogens with zero attached hydrogens (tertiary/aromatic N) is 2. The first-order chi connectivity index (χ1) is 20.5. The molecular weight excluding hydrogens is 618 g/mol. The Hall–Kier alpha value is -3.02. The zero-order chi connectivity index (χ0) is 30.9. The molecule has 2 fully saturated rings. The first-order valence-corrected chi connectivity index (χ1v) is 15.7. The first-order valence-electron chi connectivity index (χ1n) is 15.0. The molecule has 2 N–H and O–H groups in total. The summed E-state index contributed by atoms with van der Waals surface area (Å²) in [7, 11) is 0. The van der Waals surface area contributed by atoms with Crippen LogP contribution in [0, 0.1) is 11.8 Å². The lowest BCUT2D eigenvalue weighted by molar-refractivity contribution is -0.160. The summed E-state index contributed by atoms with van der Waals surface area (Å²) in [5, 5.41) is 12.3. The lowest BCUT2D eigenvalue weighted by Crippen LogP contribution is -2.59. The van der Waals surface area contributed by atoms with E-state index < -0.39 is 47.2 Å². The van der Waals surface area contributed by atoms with E-state index in [4.69, 9.17) is 9.47 Å². The summed E-state index contributed by atoms with van der Waals surface area (Å²) in [4.78, 5) is 58.8. The van der Waals surface area contributed by atoms with Crippen molar-refractivity contribution in [3.8, 4) is 0 Å². The highest BCUT2D eigenvalue weighted by atomic mass is 79.9. The number of esters is 1. The Labute approximate surface area is 260 Å². The van der Waals surface area contributed by atoms with Gasteiger partial charge in [-0.05, 0) is 51.7 Å². The molecule has 4 aliphatic rings. The summed E-state index contributed by atoms with van der Waals surface area (Å²) in [6.07, 6.45) is 5.63. The van der Waals surface area contributed by atoms with Crippen molar-refractivity contribution >= 4 is 39.6 Å². The number of carbonyl (C=O) groups is 4. The van der Waals surface area contributed by atoms with E-state index in [0.717, 1.165) is 0 Å². The van der Waals surface area contributed by atoms with E-state index in [2.05, 4.69) is 21.2 Å². The van der Waals surface area contributed by atoms with Crippen LogP contribution in [-0.2, 0) is 28.7 Å². The monoisotopic (exact) mass is 657 g/mol. The molecule has 11 heteroatoms. The minimum absolute atomic E-state index is 0.0372. The summed E-state index contributed by atoms with van der Waals surface area (Å²) in [6, 6.07) is 8.15. The lowest BCUT2D eigenvalue weighted by atomic mass is 9.74. The SMILES string of the molecule is CC(C)(C)N1C/C=C\CCC(=O)NC[C@@H](c2ccccc2)OC(=O)[C@@H]2[C@H]3O[C@@]4(C=C3Br)[C@H](C1=O)N(CCCCO)C(=O)[C@@H]24. The minimum atomic E-state index is -1.36. The van der Waals surface area contributed by atoms with Gasteiger partial charge in [0.2, 0.25) is 17.7 Å². The van der Waals surface area contributed by atoms with Gasteiger partial charge < -0.3 is 29.7 Å². The molecule has 5 rings (SSSR count). The van der Waals surface area contributed by atoms with Crippen LogP contribution in [0.2, 0.25) is 0 Å². The molecule has 0 unspecified atom stereocenters. The van der Waals surface area contributed by atoms with E-state index in [1.165, 1.54) is 0 Å². The molecule has 43 heavy (non-hydrogen) atoms. The van der Waals surface area contributed by atoms with Crippen molar-refractivity contribution in [3.63, 3.8) is 0 Å². The zero-order valence-electron chi connectivity index (χ0n) is 24.8. The minimum Gasteiger partial charge on any atom is -0.455 e. The Balaban J connectivity index is 1.59. The van der Waals surface area contributed by atoms with Crippen LogP contribution in [0.4, 0.5) is 0 Å². The van der Waals surface area contributed by atoms with Gasteiger partial charge in [0, 0.05) is 36.1 Å². The van der Waals surface area contributed by atoms with Gasteiger partial charge in [-0.25, -0.2) is 0 Å². The van der Waals surface area contributed by atoms with E-state index in [-0.39, 0.29) is 50.4 Å². The average molecular weight is 659 g/mol. The number of benzene rings is 1. The third-order valence-corrected chi connectivity index (χ3v) is 9.40. The number of likely N-dealkylation sites (tertiary alicyclic amines) is 1. The van der Waals surface area contributed by atoms with Crippen LogP contribution >= 0.6 is 15.9 Å². The predicted molar refractivity (Wildman–Crippen MR) is 162 cm³/mol. The van der Waals surface area contributed by atoms with Gasteiger partial charge in [-0.3, -0.25) is 19.2 Å². The van der Waals surface area contributed by atoms with Crippen molar-refractivity contribution in [2.75, 3.05) is 26.2 Å². The maximum Gasteiger partial charge on any atom is 0.313 e. The third kappa shape index (κ3) is 5.91. The zero-order valence-corrected chi connectivity index (χ0v) is 26.4. The molecule has 1 aromatic rings. The molecule has 4 aliphatic heterocycles. The smallest absolute Gasteiger partial charge is 0.313 e. The molecule has 3 amide bonds. The fourth-order valence-corrected chi connectivity index (χ4v) is 7.40. The summed E-state index contributed by atoms with van der Waals surface area (Å²) in [5.41, 5.74) is -1.26. The number of allylic oxidation sites excluding steroid dienone is 1. The highest BCUT2D eigenvalue weighted by Gasteiger charge is 2.75. The number of fused-ring (bicyclic) bond motifs is 2. The number of rotatable bonds is 5. The van der Waals surface area contributed by atoms with Gasteiger partial charge in [0.15, 0.2) is 0 Å². The van der Waals surface area contributed by atoms with Gasteiger partial charge >= 0.3 is 5.97 Å². The molecule has 0 saturated carbocycles. The van der Waals surface area contributed by atoms with Crippen molar-refractivity contribution < 1.29 is 33.8 Å². The molecule has 2 saturated heterocycles. The number of carbonyl (C=O) groups excluding carboxylic acids is 4. The van der Waals surface area contributed by atoms with Gasteiger partial charge in [0.1, 0.15) is 29.8 Å². The fraction of sp³-hybridized carbons (Fsp3) is 0.562. The normalized spacial score (nSPS) is 32.4. The standard InChI is InChI=1S/C32H40BrN3O7/c1-31(2,3)36-16-9-5-8-14-23(38)34-19-22(20-12-6-4-7-13-20)42-30(41)24-25-28(39)35(15-10-11-17-37)27(29(36)40)32(25)18-21(33)26(24)43-32/h4-7,9,12-13,18,22,24-27,37H,8,10-11,14-17,19H2,1-3H3,(H,34,38)/b9-5-/t22-,24-,25+,26-,27-,32+/m0/s1. The molecule has 0 radical (unpaired) electrons. The maximum atomic E-state index is 14.6. The van der Waals surface area contributed by atoms with Crippen LogP contribution in [0.1, 0.15) is 58.1 Å². The van der Waals surface area contributed by atoms with Crippen LogP contribution < -0.4 is 5.32 Å². The number of ether oxygens (including phenoxy) is 2. The topological polar surface area (TPSA) is 125 Å². The molecule has 0 aliphatic carbocycles. The second-order valence-corrected chi connectivity index (χ2v) is 13.5. The summed E-state index contributed by atoms with van der Waals surface area (Å²) in [6.45, 7) is 6.34. The highest BCUT2D eigenvalue weighted by Crippen LogP contribution is 2.59. The summed E-state index contributed by atoms with van der Waals surface area (Å²) < 4.78 is 13.2. The van der Waals surface area contributed by atoms with Crippen LogP contribution in [0.3, 0.4) is 0 Å². The predicted octanol–water partition coefficient (Wildman–Crippen LogP) is 3.01. The Bertz CT molecular complexity index is 1310. The van der Waals surface area contributed by atoms with E-state index in [0.29, 0.717) is 29.3 Å². The van der Waals surface area contributed by atoms with Crippen LogP contribution in [-0.4, -0.2) is 88.1 Å². The van der Waals surface area contributed by atoms with E-state index in [9.17, 15) is 24.3 Å². The number of hydrogen-bond donors (Lipinski definition) is 2. The van der Waals surface area contributed by atoms with Crippen molar-refractivity contribution in [2.24, 2.45) is 11.8 Å². The van der Waals surface area contributed by atoms with Gasteiger partial charge in [-0.1, -0.05) is 58.4 Å². The second kappa shape index (κ2) is 12.5. The van der Waals surface area contributed by atoms with Crippen LogP contribution in [0.25, 0.3) is 0 Å². The highest BCUT2D eigenvalue weighted by molar-refractivity contribution is 9.11. The molecule has 4 heterocycles. The number of nitrogens with one attached hydrogen (secondary N) is 1. The molecule has 1 aromatic carbocycles. The maximum absolute atomic E-state index is 14.6. The Morgan fingerprint density at radius 2 is 1.81 bits per heavy atom. The quantitative estimate of drug-likeness (QED) is 0.283. The van der Waals surface area contributed by atoms with Crippen LogP contribution in [0.15, 0.2) is 53.0 Å². The summed E-state index contributed by atoms with van der Waals surface area (Å²) >= 11 is 3.58. The van der Waals surface area contributed by atoms with E-state index in [1.54, 1.807) is 15.9 Å².